The van der Waals surface area contributed by atoms with Gasteiger partial charge in [-0.15, -0.1) is 11.3 Å². The molecule has 3 atom stereocenters. The summed E-state index contributed by atoms with van der Waals surface area (Å²) in [5.74, 6) is 0. The molecule has 2 aromatic heterocycles. The molecule has 0 aliphatic carbocycles. The van der Waals surface area contributed by atoms with E-state index in [1.165, 1.54) is 10.9 Å². The van der Waals surface area contributed by atoms with Crippen LogP contribution in [-0.4, -0.2) is 48.1 Å². The van der Waals surface area contributed by atoms with Crippen molar-refractivity contribution in [3.05, 3.63) is 52.5 Å². The predicted molar refractivity (Wildman–Crippen MR) is 112 cm³/mol. The minimum Gasteiger partial charge on any atom is -0.479 e. The van der Waals surface area contributed by atoms with Crippen LogP contribution in [0.3, 0.4) is 0 Å². The lowest BCUT2D eigenvalue weighted by Gasteiger charge is -2.40. The third-order valence-corrected chi connectivity index (χ3v) is 7.06. The summed E-state index contributed by atoms with van der Waals surface area (Å²) < 4.78 is 33.0. The van der Waals surface area contributed by atoms with Crippen molar-refractivity contribution in [3.63, 3.8) is 0 Å². The molecule has 0 amide bonds. The molecule has 0 bridgehead atoms. The zero-order valence-electron chi connectivity index (χ0n) is 16.3. The summed E-state index contributed by atoms with van der Waals surface area (Å²) in [5, 5.41) is 5.37. The second kappa shape index (κ2) is 7.70. The average molecular weight is 418 g/mol. The van der Waals surface area contributed by atoms with Gasteiger partial charge >= 0.3 is 0 Å². The number of halogens is 2. The highest BCUT2D eigenvalue weighted by Gasteiger charge is 2.37. The lowest BCUT2D eigenvalue weighted by molar-refractivity contribution is 0.0465. The lowest BCUT2D eigenvalue weighted by atomic mass is 9.91. The zero-order chi connectivity index (χ0) is 20.0. The Morgan fingerprint density at radius 2 is 2.10 bits per heavy atom. The number of alkyl halides is 2. The summed E-state index contributed by atoms with van der Waals surface area (Å²) in [6.07, 6.45) is -0.415. The van der Waals surface area contributed by atoms with Crippen LogP contribution in [0.1, 0.15) is 35.5 Å². The van der Waals surface area contributed by atoms with E-state index in [2.05, 4.69) is 29.4 Å². The summed E-state index contributed by atoms with van der Waals surface area (Å²) in [7, 11) is 0. The van der Waals surface area contributed by atoms with Crippen molar-refractivity contribution in [1.82, 2.24) is 15.2 Å². The van der Waals surface area contributed by atoms with Gasteiger partial charge in [-0.05, 0) is 50.1 Å². The number of fused-ring (bicyclic) bond motifs is 3. The molecule has 2 aliphatic heterocycles. The Bertz CT molecular complexity index is 995. The minimum absolute atomic E-state index is 0.0335. The van der Waals surface area contributed by atoms with Crippen molar-refractivity contribution in [2.75, 3.05) is 19.6 Å². The van der Waals surface area contributed by atoms with E-state index < -0.39 is 6.43 Å². The number of nitrogens with one attached hydrogen (secondary N) is 2. The predicted octanol–water partition coefficient (Wildman–Crippen LogP) is 4.57. The van der Waals surface area contributed by atoms with Gasteiger partial charge in [-0.25, -0.2) is 8.78 Å². The van der Waals surface area contributed by atoms with Crippen LogP contribution in [0.2, 0.25) is 0 Å². The molecule has 3 aromatic rings. The number of hydrogen-bond donors (Lipinski definition) is 2. The molecule has 5 rings (SSSR count). The van der Waals surface area contributed by atoms with E-state index in [1.807, 2.05) is 29.2 Å². The fraction of sp³-hybridized carbons (Fsp3) is 0.455. The SMILES string of the molecule is C[C@@H]1Cc2c([nH]c3ccccc23)[C@@H](c2ccc(O[C@@H]3CCNC3)s2)N1CC(F)F. The number of ether oxygens (including phenoxy) is 1. The van der Waals surface area contributed by atoms with E-state index in [4.69, 9.17) is 4.74 Å². The maximum atomic E-state index is 13.5. The molecule has 29 heavy (non-hydrogen) atoms. The second-order valence-corrected chi connectivity index (χ2v) is 9.07. The maximum absolute atomic E-state index is 13.5. The number of benzene rings is 1. The third kappa shape index (κ3) is 3.56. The van der Waals surface area contributed by atoms with E-state index in [9.17, 15) is 8.78 Å². The van der Waals surface area contributed by atoms with Crippen LogP contribution in [0.5, 0.6) is 5.06 Å². The molecule has 0 unspecified atom stereocenters. The molecule has 2 N–H and O–H groups in total. The first-order valence-corrected chi connectivity index (χ1v) is 11.0. The van der Waals surface area contributed by atoms with Crippen molar-refractivity contribution in [2.45, 2.75) is 44.4 Å². The minimum atomic E-state index is -2.37. The molecule has 1 fully saturated rings. The first-order chi connectivity index (χ1) is 14.1. The Labute approximate surface area is 172 Å². The molecule has 0 radical (unpaired) electrons. The van der Waals surface area contributed by atoms with Gasteiger partial charge in [-0.3, -0.25) is 4.90 Å². The number of aromatic amines is 1. The van der Waals surface area contributed by atoms with Crippen molar-refractivity contribution >= 4 is 22.2 Å². The van der Waals surface area contributed by atoms with Gasteiger partial charge in [0, 0.05) is 34.1 Å². The first kappa shape index (κ1) is 19.0. The second-order valence-electron chi connectivity index (χ2n) is 8.00. The van der Waals surface area contributed by atoms with Crippen LogP contribution in [-0.2, 0) is 6.42 Å². The summed E-state index contributed by atoms with van der Waals surface area (Å²) in [6, 6.07) is 12.1. The van der Waals surface area contributed by atoms with Gasteiger partial charge in [-0.1, -0.05) is 18.2 Å². The standard InChI is InChI=1S/C22H25F2N3OS/c1-13-10-16-15-4-2-3-5-17(15)26-21(16)22(27(13)12-19(23)24)18-6-7-20(29-18)28-14-8-9-25-11-14/h2-7,13-14,19,22,25-26H,8-12H2,1H3/t13-,14-,22-/m1/s1. The number of nitrogens with zero attached hydrogens (tertiary/aromatic N) is 1. The van der Waals surface area contributed by atoms with E-state index in [0.717, 1.165) is 47.1 Å². The number of H-pyrrole nitrogens is 1. The molecule has 4 heterocycles. The zero-order valence-corrected chi connectivity index (χ0v) is 17.1. The van der Waals surface area contributed by atoms with Gasteiger partial charge in [0.25, 0.3) is 6.43 Å². The molecular weight excluding hydrogens is 392 g/mol. The number of thiophene rings is 1. The van der Waals surface area contributed by atoms with Crippen molar-refractivity contribution < 1.29 is 13.5 Å². The molecule has 0 spiro atoms. The highest BCUT2D eigenvalue weighted by Crippen LogP contribution is 2.44. The van der Waals surface area contributed by atoms with E-state index in [0.29, 0.717) is 0 Å². The first-order valence-electron chi connectivity index (χ1n) is 10.2. The van der Waals surface area contributed by atoms with E-state index in [1.54, 1.807) is 11.3 Å². The van der Waals surface area contributed by atoms with Crippen LogP contribution in [0.4, 0.5) is 8.78 Å². The van der Waals surface area contributed by atoms with E-state index >= 15 is 0 Å². The maximum Gasteiger partial charge on any atom is 0.251 e. The van der Waals surface area contributed by atoms with Gasteiger partial charge in [0.15, 0.2) is 5.06 Å². The Morgan fingerprint density at radius 3 is 2.90 bits per heavy atom. The van der Waals surface area contributed by atoms with Crippen LogP contribution >= 0.6 is 11.3 Å². The van der Waals surface area contributed by atoms with Gasteiger partial charge < -0.3 is 15.0 Å². The highest BCUT2D eigenvalue weighted by molar-refractivity contribution is 7.13. The molecule has 1 saturated heterocycles. The van der Waals surface area contributed by atoms with Crippen molar-refractivity contribution in [2.24, 2.45) is 0 Å². The van der Waals surface area contributed by atoms with Crippen LogP contribution in [0.25, 0.3) is 10.9 Å². The fourth-order valence-electron chi connectivity index (χ4n) is 4.70. The lowest BCUT2D eigenvalue weighted by Crippen LogP contribution is -2.44. The Hall–Kier alpha value is -1.96. The summed E-state index contributed by atoms with van der Waals surface area (Å²) in [4.78, 5) is 6.53. The molecule has 154 valence electrons. The number of aromatic nitrogens is 1. The van der Waals surface area contributed by atoms with Crippen LogP contribution in [0, 0.1) is 0 Å². The highest BCUT2D eigenvalue weighted by atomic mass is 32.1. The van der Waals surface area contributed by atoms with Crippen molar-refractivity contribution in [1.29, 1.82) is 0 Å². The quantitative estimate of drug-likeness (QED) is 0.639. The number of rotatable bonds is 5. The molecule has 0 saturated carbocycles. The van der Waals surface area contributed by atoms with Crippen molar-refractivity contribution in [3.8, 4) is 5.06 Å². The van der Waals surface area contributed by atoms with Gasteiger partial charge in [-0.2, -0.15) is 0 Å². The molecule has 7 heteroatoms. The largest absolute Gasteiger partial charge is 0.479 e. The third-order valence-electron chi connectivity index (χ3n) is 6.04. The summed E-state index contributed by atoms with van der Waals surface area (Å²) >= 11 is 1.58. The topological polar surface area (TPSA) is 40.3 Å². The van der Waals surface area contributed by atoms with Crippen LogP contribution in [0.15, 0.2) is 36.4 Å². The monoisotopic (exact) mass is 417 g/mol. The molecule has 1 aromatic carbocycles. The molecule has 2 aliphatic rings. The van der Waals surface area contributed by atoms with Gasteiger partial charge in [0.05, 0.1) is 12.6 Å². The van der Waals surface area contributed by atoms with Crippen LogP contribution < -0.4 is 10.1 Å². The Kier molecular flexibility index (Phi) is 5.05. The normalized spacial score (nSPS) is 25.0. The number of hydrogen-bond acceptors (Lipinski definition) is 4. The van der Waals surface area contributed by atoms with E-state index in [-0.39, 0.29) is 24.7 Å². The summed E-state index contributed by atoms with van der Waals surface area (Å²) in [6.45, 7) is 3.65. The average Bonchev–Trinajstić information content (AvgIpc) is 3.43. The summed E-state index contributed by atoms with van der Waals surface area (Å²) in [5.41, 5.74) is 3.36. The fourth-order valence-corrected chi connectivity index (χ4v) is 5.75. The van der Waals surface area contributed by atoms with Gasteiger partial charge in [0.2, 0.25) is 0 Å². The Balaban J connectivity index is 1.55. The molecular formula is C22H25F2N3OS. The van der Waals surface area contributed by atoms with Gasteiger partial charge in [0.1, 0.15) is 6.10 Å². The number of para-hydroxylation sites is 1. The Morgan fingerprint density at radius 1 is 1.24 bits per heavy atom. The molecule has 4 nitrogen and oxygen atoms in total. The smallest absolute Gasteiger partial charge is 0.251 e.